The maximum atomic E-state index is 5.20. The van der Waals surface area contributed by atoms with E-state index in [1.165, 1.54) is 0 Å². The van der Waals surface area contributed by atoms with E-state index in [-0.39, 0.29) is 0 Å². The summed E-state index contributed by atoms with van der Waals surface area (Å²) in [5, 5.41) is 3.04. The van der Waals surface area contributed by atoms with Gasteiger partial charge in [-0.2, -0.15) is 0 Å². The lowest BCUT2D eigenvalue weighted by Gasteiger charge is -2.12. The van der Waals surface area contributed by atoms with Crippen LogP contribution in [0.3, 0.4) is 0 Å². The van der Waals surface area contributed by atoms with Crippen LogP contribution >= 0.6 is 0 Å². The molecule has 0 atom stereocenters. The molecule has 0 unspecified atom stereocenters. The van der Waals surface area contributed by atoms with E-state index >= 15 is 0 Å². The minimum absolute atomic E-state index is 0.834. The molecule has 0 aliphatic heterocycles. The Morgan fingerprint density at radius 2 is 1.69 bits per heavy atom. The van der Waals surface area contributed by atoms with Crippen molar-refractivity contribution in [1.29, 1.82) is 0 Å². The van der Waals surface area contributed by atoms with E-state index in [1.807, 2.05) is 26.1 Å². The number of aryl methyl sites for hydroxylation is 1. The Bertz CT molecular complexity index is 297. The van der Waals surface area contributed by atoms with Crippen LogP contribution in [0.2, 0.25) is 0 Å². The largest absolute Gasteiger partial charge is 0.496 e. The summed E-state index contributed by atoms with van der Waals surface area (Å²) in [4.78, 5) is 0. The van der Waals surface area contributed by atoms with Gasteiger partial charge in [-0.25, -0.2) is 0 Å². The molecule has 1 rings (SSSR count). The third-order valence-corrected chi connectivity index (χ3v) is 1.99. The quantitative estimate of drug-likeness (QED) is 0.774. The molecular formula is C10H15NO2. The monoisotopic (exact) mass is 181 g/mol. The van der Waals surface area contributed by atoms with Gasteiger partial charge in [-0.05, 0) is 18.6 Å². The van der Waals surface area contributed by atoms with Crippen molar-refractivity contribution in [2.45, 2.75) is 6.92 Å². The fraction of sp³-hybridized carbons (Fsp3) is 0.400. The zero-order valence-electron chi connectivity index (χ0n) is 8.47. The molecule has 1 aromatic carbocycles. The fourth-order valence-electron chi connectivity index (χ4n) is 1.25. The first-order chi connectivity index (χ1) is 6.22. The molecule has 0 fully saturated rings. The molecule has 0 aromatic heterocycles. The lowest BCUT2D eigenvalue weighted by molar-refractivity contribution is 0.402. The summed E-state index contributed by atoms with van der Waals surface area (Å²) in [6.45, 7) is 1.99. The maximum Gasteiger partial charge on any atom is 0.142 e. The third-order valence-electron chi connectivity index (χ3n) is 1.99. The standard InChI is InChI=1S/C10H15NO2/c1-7-5-10(13-4)8(11-2)6-9(7)12-3/h5-6,11H,1-4H3. The van der Waals surface area contributed by atoms with Crippen LogP contribution in [0, 0.1) is 6.92 Å². The molecule has 0 bridgehead atoms. The molecule has 72 valence electrons. The Kier molecular flexibility index (Phi) is 3.01. The molecule has 3 nitrogen and oxygen atoms in total. The van der Waals surface area contributed by atoms with Gasteiger partial charge in [0.05, 0.1) is 19.9 Å². The zero-order valence-corrected chi connectivity index (χ0v) is 8.47. The van der Waals surface area contributed by atoms with Gasteiger partial charge in [-0.1, -0.05) is 0 Å². The lowest BCUT2D eigenvalue weighted by atomic mass is 10.2. The first-order valence-electron chi connectivity index (χ1n) is 4.13. The summed E-state index contributed by atoms with van der Waals surface area (Å²) < 4.78 is 10.4. The molecule has 1 N–H and O–H groups in total. The van der Waals surface area contributed by atoms with Crippen molar-refractivity contribution in [3.8, 4) is 11.5 Å². The van der Waals surface area contributed by atoms with Gasteiger partial charge in [0.15, 0.2) is 0 Å². The van der Waals surface area contributed by atoms with Gasteiger partial charge < -0.3 is 14.8 Å². The number of nitrogens with one attached hydrogen (secondary N) is 1. The third kappa shape index (κ3) is 1.86. The molecule has 0 aliphatic carbocycles. The second-order valence-electron chi connectivity index (χ2n) is 2.77. The van der Waals surface area contributed by atoms with Crippen LogP contribution in [-0.4, -0.2) is 21.3 Å². The van der Waals surface area contributed by atoms with Crippen molar-refractivity contribution in [3.05, 3.63) is 17.7 Å². The first kappa shape index (κ1) is 9.71. The Morgan fingerprint density at radius 1 is 1.08 bits per heavy atom. The van der Waals surface area contributed by atoms with Crippen molar-refractivity contribution >= 4 is 5.69 Å². The Morgan fingerprint density at radius 3 is 2.15 bits per heavy atom. The van der Waals surface area contributed by atoms with Gasteiger partial charge in [0.2, 0.25) is 0 Å². The first-order valence-corrected chi connectivity index (χ1v) is 4.13. The van der Waals surface area contributed by atoms with Crippen LogP contribution in [0.15, 0.2) is 12.1 Å². The average molecular weight is 181 g/mol. The number of methoxy groups -OCH3 is 2. The van der Waals surface area contributed by atoms with Gasteiger partial charge in [0.1, 0.15) is 11.5 Å². The smallest absolute Gasteiger partial charge is 0.142 e. The van der Waals surface area contributed by atoms with Crippen LogP contribution in [0.4, 0.5) is 5.69 Å². The van der Waals surface area contributed by atoms with E-state index < -0.39 is 0 Å². The average Bonchev–Trinajstić information content (AvgIpc) is 2.17. The highest BCUT2D eigenvalue weighted by Crippen LogP contribution is 2.31. The number of anilines is 1. The minimum Gasteiger partial charge on any atom is -0.496 e. The zero-order chi connectivity index (χ0) is 9.84. The highest BCUT2D eigenvalue weighted by molar-refractivity contribution is 5.61. The molecule has 0 aliphatic rings. The van der Waals surface area contributed by atoms with Crippen molar-refractivity contribution < 1.29 is 9.47 Å². The molecule has 3 heteroatoms. The molecule has 0 amide bonds. The number of hydrogen-bond acceptors (Lipinski definition) is 3. The van der Waals surface area contributed by atoms with Crippen molar-refractivity contribution in [2.75, 3.05) is 26.6 Å². The Labute approximate surface area is 78.7 Å². The van der Waals surface area contributed by atoms with E-state index in [4.69, 9.17) is 9.47 Å². The van der Waals surface area contributed by atoms with E-state index in [0.717, 1.165) is 22.7 Å². The second-order valence-corrected chi connectivity index (χ2v) is 2.77. The second kappa shape index (κ2) is 4.03. The van der Waals surface area contributed by atoms with Gasteiger partial charge in [0.25, 0.3) is 0 Å². The van der Waals surface area contributed by atoms with Crippen molar-refractivity contribution in [3.63, 3.8) is 0 Å². The predicted octanol–water partition coefficient (Wildman–Crippen LogP) is 2.05. The molecular weight excluding hydrogens is 166 g/mol. The Balaban J connectivity index is 3.18. The maximum absolute atomic E-state index is 5.20. The fourth-order valence-corrected chi connectivity index (χ4v) is 1.25. The van der Waals surface area contributed by atoms with Crippen LogP contribution < -0.4 is 14.8 Å². The molecule has 13 heavy (non-hydrogen) atoms. The summed E-state index contributed by atoms with van der Waals surface area (Å²) in [7, 11) is 5.17. The summed E-state index contributed by atoms with van der Waals surface area (Å²) in [5.41, 5.74) is 2.00. The molecule has 0 spiro atoms. The summed E-state index contributed by atoms with van der Waals surface area (Å²) >= 11 is 0. The Hall–Kier alpha value is -1.38. The SMILES string of the molecule is CNc1cc(OC)c(C)cc1OC. The van der Waals surface area contributed by atoms with Gasteiger partial charge >= 0.3 is 0 Å². The molecule has 1 aromatic rings. The minimum atomic E-state index is 0.834. The van der Waals surface area contributed by atoms with Crippen LogP contribution in [0.5, 0.6) is 11.5 Å². The summed E-state index contributed by atoms with van der Waals surface area (Å²) in [6, 6.07) is 3.87. The van der Waals surface area contributed by atoms with Crippen molar-refractivity contribution in [1.82, 2.24) is 0 Å². The predicted molar refractivity (Wildman–Crippen MR) is 53.8 cm³/mol. The summed E-state index contributed by atoms with van der Waals surface area (Å²) in [6.07, 6.45) is 0. The van der Waals surface area contributed by atoms with Crippen LogP contribution in [0.1, 0.15) is 5.56 Å². The lowest BCUT2D eigenvalue weighted by Crippen LogP contribution is -1.96. The summed E-state index contributed by atoms with van der Waals surface area (Å²) in [5.74, 6) is 1.70. The van der Waals surface area contributed by atoms with E-state index in [1.54, 1.807) is 14.2 Å². The number of hydrogen-bond donors (Lipinski definition) is 1. The van der Waals surface area contributed by atoms with Gasteiger partial charge in [-0.15, -0.1) is 0 Å². The van der Waals surface area contributed by atoms with Gasteiger partial charge in [0, 0.05) is 13.1 Å². The van der Waals surface area contributed by atoms with Crippen molar-refractivity contribution in [2.24, 2.45) is 0 Å². The highest BCUT2D eigenvalue weighted by Gasteiger charge is 2.06. The number of benzene rings is 1. The normalized spacial score (nSPS) is 9.54. The molecule has 0 heterocycles. The van der Waals surface area contributed by atoms with Crippen LogP contribution in [0.25, 0.3) is 0 Å². The number of ether oxygens (including phenoxy) is 2. The topological polar surface area (TPSA) is 30.5 Å². The van der Waals surface area contributed by atoms with E-state index in [9.17, 15) is 0 Å². The van der Waals surface area contributed by atoms with Crippen LogP contribution in [-0.2, 0) is 0 Å². The number of rotatable bonds is 3. The molecule has 0 radical (unpaired) electrons. The molecule has 0 saturated heterocycles. The van der Waals surface area contributed by atoms with Gasteiger partial charge in [-0.3, -0.25) is 0 Å². The molecule has 0 saturated carbocycles. The van der Waals surface area contributed by atoms with E-state index in [0.29, 0.717) is 0 Å². The highest BCUT2D eigenvalue weighted by atomic mass is 16.5. The van der Waals surface area contributed by atoms with E-state index in [2.05, 4.69) is 5.32 Å².